The Kier molecular flexibility index (Phi) is 5.05. The van der Waals surface area contributed by atoms with Crippen LogP contribution < -0.4 is 5.32 Å². The minimum absolute atomic E-state index is 0.319. The van der Waals surface area contributed by atoms with Gasteiger partial charge in [0.2, 0.25) is 0 Å². The number of halogens is 1. The second-order valence-electron chi connectivity index (χ2n) is 2.63. The molecule has 0 radical (unpaired) electrons. The van der Waals surface area contributed by atoms with Gasteiger partial charge in [-0.2, -0.15) is 0 Å². The number of rotatable bonds is 5. The van der Waals surface area contributed by atoms with Gasteiger partial charge in [0.05, 0.1) is 6.04 Å². The van der Waals surface area contributed by atoms with Crippen molar-refractivity contribution in [1.29, 1.82) is 0 Å². The molecule has 0 aliphatic carbocycles. The summed E-state index contributed by atoms with van der Waals surface area (Å²) in [5.41, 5.74) is 0. The van der Waals surface area contributed by atoms with E-state index < -0.39 is 0 Å². The average Bonchev–Trinajstić information content (AvgIpc) is 2.65. The number of nitrogens with zero attached hydrogens (tertiary/aromatic N) is 1. The van der Waals surface area contributed by atoms with Crippen LogP contribution in [0.5, 0.6) is 0 Å². The molecule has 1 rings (SSSR count). The molecule has 0 amide bonds. The number of aromatic nitrogens is 1. The topological polar surface area (TPSA) is 24.9 Å². The fraction of sp³-hybridized carbons (Fsp3) is 0.444. The Morgan fingerprint density at radius 3 is 3.15 bits per heavy atom. The third kappa shape index (κ3) is 3.89. The number of hydrogen-bond acceptors (Lipinski definition) is 3. The summed E-state index contributed by atoms with van der Waals surface area (Å²) in [5.74, 6) is 0.577. The quantitative estimate of drug-likeness (QED) is 0.605. The van der Waals surface area contributed by atoms with Gasteiger partial charge in [-0.15, -0.1) is 22.9 Å². The zero-order valence-corrected chi connectivity index (χ0v) is 9.11. The Hall–Kier alpha value is -0.380. The normalized spacial score (nSPS) is 13.7. The lowest BCUT2D eigenvalue weighted by atomic mass is 10.3. The first kappa shape index (κ1) is 10.7. The molecule has 4 heteroatoms. The largest absolute Gasteiger partial charge is 0.305 e. The smallest absolute Gasteiger partial charge is 0.109 e. The lowest BCUT2D eigenvalue weighted by molar-refractivity contribution is 0.613. The molecule has 0 aliphatic rings. The molecular formula is C9H13ClN2S. The van der Waals surface area contributed by atoms with Crippen LogP contribution in [0.3, 0.4) is 0 Å². The van der Waals surface area contributed by atoms with Crippen LogP contribution in [0.4, 0.5) is 0 Å². The van der Waals surface area contributed by atoms with Crippen LogP contribution in [0, 0.1) is 0 Å². The maximum atomic E-state index is 5.49. The van der Waals surface area contributed by atoms with Crippen LogP contribution in [0.25, 0.3) is 0 Å². The summed E-state index contributed by atoms with van der Waals surface area (Å²) in [6.07, 6.45) is 5.78. The first-order chi connectivity index (χ1) is 6.34. The monoisotopic (exact) mass is 216 g/mol. The van der Waals surface area contributed by atoms with Gasteiger partial charge in [-0.1, -0.05) is 12.2 Å². The number of nitrogens with one attached hydrogen (secondary N) is 1. The Balaban J connectivity index is 2.26. The zero-order valence-electron chi connectivity index (χ0n) is 7.53. The van der Waals surface area contributed by atoms with Crippen molar-refractivity contribution in [2.45, 2.75) is 13.0 Å². The Labute approximate surface area is 87.6 Å². The third-order valence-electron chi connectivity index (χ3n) is 1.62. The second-order valence-corrected chi connectivity index (χ2v) is 3.86. The van der Waals surface area contributed by atoms with E-state index in [0.29, 0.717) is 11.9 Å². The van der Waals surface area contributed by atoms with Gasteiger partial charge in [-0.3, -0.25) is 0 Å². The molecule has 0 bridgehead atoms. The molecule has 0 saturated carbocycles. The molecule has 0 saturated heterocycles. The van der Waals surface area contributed by atoms with Crippen LogP contribution in [-0.2, 0) is 0 Å². The third-order valence-corrected chi connectivity index (χ3v) is 2.76. The predicted molar refractivity (Wildman–Crippen MR) is 58.4 cm³/mol. The minimum atomic E-state index is 0.319. The van der Waals surface area contributed by atoms with Crippen molar-refractivity contribution in [3.05, 3.63) is 28.7 Å². The molecule has 72 valence electrons. The maximum Gasteiger partial charge on any atom is 0.109 e. The highest BCUT2D eigenvalue weighted by atomic mass is 35.5. The fourth-order valence-corrected chi connectivity index (χ4v) is 1.72. The van der Waals surface area contributed by atoms with Gasteiger partial charge in [0, 0.05) is 24.0 Å². The van der Waals surface area contributed by atoms with E-state index in [1.165, 1.54) is 0 Å². The molecule has 1 aromatic rings. The molecule has 1 heterocycles. The van der Waals surface area contributed by atoms with Gasteiger partial charge in [0.15, 0.2) is 0 Å². The van der Waals surface area contributed by atoms with Gasteiger partial charge in [-0.25, -0.2) is 4.98 Å². The fourth-order valence-electron chi connectivity index (χ4n) is 0.927. The summed E-state index contributed by atoms with van der Waals surface area (Å²) in [7, 11) is 0. The van der Waals surface area contributed by atoms with E-state index in [4.69, 9.17) is 11.6 Å². The molecule has 0 fully saturated rings. The highest BCUT2D eigenvalue weighted by Gasteiger charge is 2.04. The molecule has 0 aliphatic heterocycles. The molecule has 2 nitrogen and oxygen atoms in total. The van der Waals surface area contributed by atoms with Crippen molar-refractivity contribution >= 4 is 22.9 Å². The first-order valence-corrected chi connectivity index (χ1v) is 5.59. The van der Waals surface area contributed by atoms with Crippen molar-refractivity contribution in [3.8, 4) is 0 Å². The zero-order chi connectivity index (χ0) is 9.52. The van der Waals surface area contributed by atoms with Crippen LogP contribution in [0.1, 0.15) is 18.0 Å². The van der Waals surface area contributed by atoms with Crippen LogP contribution in [-0.4, -0.2) is 17.4 Å². The van der Waals surface area contributed by atoms with E-state index in [0.717, 1.165) is 11.6 Å². The Morgan fingerprint density at radius 1 is 1.69 bits per heavy atom. The van der Waals surface area contributed by atoms with Crippen LogP contribution in [0.2, 0.25) is 0 Å². The summed E-state index contributed by atoms with van der Waals surface area (Å²) in [5, 5.41) is 6.43. The first-order valence-electron chi connectivity index (χ1n) is 4.18. The molecule has 0 aromatic carbocycles. The average molecular weight is 217 g/mol. The number of alkyl halides is 1. The Morgan fingerprint density at radius 2 is 2.54 bits per heavy atom. The molecule has 1 unspecified atom stereocenters. The summed E-state index contributed by atoms with van der Waals surface area (Å²) in [6.45, 7) is 2.95. The van der Waals surface area contributed by atoms with E-state index in [-0.39, 0.29) is 0 Å². The summed E-state index contributed by atoms with van der Waals surface area (Å²) in [4.78, 5) is 4.22. The molecule has 13 heavy (non-hydrogen) atoms. The molecular weight excluding hydrogens is 204 g/mol. The van der Waals surface area contributed by atoms with Crippen molar-refractivity contribution in [3.63, 3.8) is 0 Å². The number of allylic oxidation sites excluding steroid dienone is 1. The van der Waals surface area contributed by atoms with E-state index in [1.54, 1.807) is 11.3 Å². The second kappa shape index (κ2) is 6.13. The van der Waals surface area contributed by atoms with Crippen molar-refractivity contribution in [1.82, 2.24) is 10.3 Å². The molecule has 1 N–H and O–H groups in total. The van der Waals surface area contributed by atoms with Gasteiger partial charge in [0.25, 0.3) is 0 Å². The number of thiazole rings is 1. The summed E-state index contributed by atoms with van der Waals surface area (Å²) < 4.78 is 0. The van der Waals surface area contributed by atoms with Gasteiger partial charge in [-0.05, 0) is 6.92 Å². The molecule has 0 spiro atoms. The highest BCUT2D eigenvalue weighted by Crippen LogP contribution is 2.13. The van der Waals surface area contributed by atoms with Gasteiger partial charge >= 0.3 is 0 Å². The molecule has 1 atom stereocenters. The summed E-state index contributed by atoms with van der Waals surface area (Å²) in [6, 6.07) is 0.319. The van der Waals surface area contributed by atoms with Crippen molar-refractivity contribution < 1.29 is 0 Å². The molecule has 1 aromatic heterocycles. The highest BCUT2D eigenvalue weighted by molar-refractivity contribution is 7.09. The van der Waals surface area contributed by atoms with Gasteiger partial charge < -0.3 is 5.32 Å². The van der Waals surface area contributed by atoms with Crippen molar-refractivity contribution in [2.75, 3.05) is 12.4 Å². The lowest BCUT2D eigenvalue weighted by Gasteiger charge is -2.07. The summed E-state index contributed by atoms with van der Waals surface area (Å²) >= 11 is 7.16. The van der Waals surface area contributed by atoms with E-state index in [1.807, 2.05) is 23.7 Å². The standard InChI is InChI=1S/C9H13ClN2S/c1-8(9-12-6-7-13-9)11-5-3-2-4-10/h2-3,6-8,11H,4-5H2,1H3/b3-2+. The predicted octanol–water partition coefficient (Wildman–Crippen LogP) is 2.59. The maximum absolute atomic E-state index is 5.49. The minimum Gasteiger partial charge on any atom is -0.305 e. The van der Waals surface area contributed by atoms with E-state index in [2.05, 4.69) is 17.2 Å². The van der Waals surface area contributed by atoms with E-state index in [9.17, 15) is 0 Å². The lowest BCUT2D eigenvalue weighted by Crippen LogP contribution is -2.18. The van der Waals surface area contributed by atoms with Crippen LogP contribution in [0.15, 0.2) is 23.7 Å². The van der Waals surface area contributed by atoms with E-state index >= 15 is 0 Å². The van der Waals surface area contributed by atoms with Crippen molar-refractivity contribution in [2.24, 2.45) is 0 Å². The van der Waals surface area contributed by atoms with Gasteiger partial charge in [0.1, 0.15) is 5.01 Å². The van der Waals surface area contributed by atoms with Crippen LogP contribution >= 0.6 is 22.9 Å². The number of hydrogen-bond donors (Lipinski definition) is 1. The SMILES string of the molecule is CC(NC/C=C/CCl)c1nccs1. The Bertz CT molecular complexity index is 246.